The molecule has 0 spiro atoms. The Balaban J connectivity index is 2.34. The van der Waals surface area contributed by atoms with Crippen LogP contribution in [0, 0.1) is 5.92 Å². The highest BCUT2D eigenvalue weighted by Gasteiger charge is 2.50. The summed E-state index contributed by atoms with van der Waals surface area (Å²) >= 11 is 0. The van der Waals surface area contributed by atoms with E-state index in [1.807, 2.05) is 6.07 Å². The van der Waals surface area contributed by atoms with Crippen LogP contribution in [0.3, 0.4) is 0 Å². The van der Waals surface area contributed by atoms with Crippen LogP contribution in [0.1, 0.15) is 25.5 Å². The van der Waals surface area contributed by atoms with Crippen LogP contribution in [0.15, 0.2) is 24.4 Å². The minimum Gasteiger partial charge on any atom is -0.481 e. The lowest BCUT2D eigenvalue weighted by Gasteiger charge is -2.42. The minimum absolute atomic E-state index is 0.494. The molecule has 0 aromatic carbocycles. The summed E-state index contributed by atoms with van der Waals surface area (Å²) in [6.45, 7) is 2.07. The van der Waals surface area contributed by atoms with E-state index < -0.39 is 11.4 Å². The molecule has 74 valence electrons. The fourth-order valence-electron chi connectivity index (χ4n) is 2.27. The van der Waals surface area contributed by atoms with Crippen molar-refractivity contribution in [2.45, 2.75) is 25.2 Å². The molecule has 1 N–H and O–H groups in total. The highest BCUT2D eigenvalue weighted by molar-refractivity contribution is 5.82. The fourth-order valence-corrected chi connectivity index (χ4v) is 2.27. The quantitative estimate of drug-likeness (QED) is 0.775. The molecule has 0 aliphatic heterocycles. The van der Waals surface area contributed by atoms with Gasteiger partial charge in [0.1, 0.15) is 5.41 Å². The monoisotopic (exact) mass is 191 g/mol. The van der Waals surface area contributed by atoms with E-state index in [1.54, 1.807) is 18.3 Å². The van der Waals surface area contributed by atoms with Gasteiger partial charge in [-0.05, 0) is 30.9 Å². The Morgan fingerprint density at radius 1 is 1.57 bits per heavy atom. The number of aliphatic carboxylic acids is 1. The van der Waals surface area contributed by atoms with Crippen molar-refractivity contribution >= 4 is 5.97 Å². The van der Waals surface area contributed by atoms with Gasteiger partial charge < -0.3 is 5.11 Å². The van der Waals surface area contributed by atoms with Crippen molar-refractivity contribution in [3.63, 3.8) is 0 Å². The summed E-state index contributed by atoms with van der Waals surface area (Å²) in [5.41, 5.74) is -0.00803. The van der Waals surface area contributed by atoms with Gasteiger partial charge in [-0.15, -0.1) is 0 Å². The van der Waals surface area contributed by atoms with E-state index in [2.05, 4.69) is 11.9 Å². The zero-order valence-electron chi connectivity index (χ0n) is 8.10. The predicted octanol–water partition coefficient (Wildman–Crippen LogP) is 1.83. The summed E-state index contributed by atoms with van der Waals surface area (Å²) < 4.78 is 0. The van der Waals surface area contributed by atoms with E-state index >= 15 is 0 Å². The number of carbonyl (C=O) groups is 1. The Morgan fingerprint density at radius 3 is 2.71 bits per heavy atom. The average Bonchev–Trinajstić information content (AvgIpc) is 2.13. The number of rotatable bonds is 2. The summed E-state index contributed by atoms with van der Waals surface area (Å²) in [5.74, 6) is -0.248. The molecule has 3 nitrogen and oxygen atoms in total. The lowest BCUT2D eigenvalue weighted by Crippen LogP contribution is -2.47. The second-order valence-electron chi connectivity index (χ2n) is 4.12. The summed E-state index contributed by atoms with van der Waals surface area (Å²) in [7, 11) is 0. The van der Waals surface area contributed by atoms with Gasteiger partial charge in [0.15, 0.2) is 0 Å². The van der Waals surface area contributed by atoms with Crippen molar-refractivity contribution in [3.05, 3.63) is 30.1 Å². The smallest absolute Gasteiger partial charge is 0.315 e. The van der Waals surface area contributed by atoms with Gasteiger partial charge in [0.2, 0.25) is 0 Å². The average molecular weight is 191 g/mol. The highest BCUT2D eigenvalue weighted by atomic mass is 16.4. The molecule has 14 heavy (non-hydrogen) atoms. The number of carboxylic acids is 1. The van der Waals surface area contributed by atoms with Gasteiger partial charge in [-0.2, -0.15) is 0 Å². The van der Waals surface area contributed by atoms with Gasteiger partial charge in [-0.1, -0.05) is 13.0 Å². The molecular formula is C11H13NO2. The van der Waals surface area contributed by atoms with E-state index in [9.17, 15) is 9.90 Å². The van der Waals surface area contributed by atoms with E-state index in [4.69, 9.17) is 0 Å². The first-order valence-corrected chi connectivity index (χ1v) is 4.80. The van der Waals surface area contributed by atoms with Gasteiger partial charge in [0, 0.05) is 6.20 Å². The molecule has 2 rings (SSSR count). The third-order valence-electron chi connectivity index (χ3n) is 2.96. The van der Waals surface area contributed by atoms with Gasteiger partial charge in [-0.3, -0.25) is 9.78 Å². The third kappa shape index (κ3) is 1.20. The lowest BCUT2D eigenvalue weighted by atomic mass is 9.61. The molecule has 0 bridgehead atoms. The molecule has 1 heterocycles. The molecule has 1 aromatic heterocycles. The van der Waals surface area contributed by atoms with Gasteiger partial charge in [-0.25, -0.2) is 0 Å². The highest BCUT2D eigenvalue weighted by Crippen LogP contribution is 2.46. The Morgan fingerprint density at radius 2 is 2.29 bits per heavy atom. The van der Waals surface area contributed by atoms with Crippen molar-refractivity contribution in [2.24, 2.45) is 5.92 Å². The van der Waals surface area contributed by atoms with Crippen LogP contribution in [-0.2, 0) is 10.2 Å². The SMILES string of the molecule is CC1CC(C(=O)O)(c2ccccn2)C1. The number of aromatic nitrogens is 1. The molecule has 1 aromatic rings. The first-order valence-electron chi connectivity index (χ1n) is 4.80. The maximum atomic E-state index is 11.2. The second kappa shape index (κ2) is 3.08. The lowest BCUT2D eigenvalue weighted by molar-refractivity contribution is -0.149. The van der Waals surface area contributed by atoms with Gasteiger partial charge in [0.25, 0.3) is 0 Å². The molecule has 0 atom stereocenters. The minimum atomic E-state index is -0.741. The van der Waals surface area contributed by atoms with Crippen LogP contribution in [-0.4, -0.2) is 16.1 Å². The molecule has 0 unspecified atom stereocenters. The Labute approximate surface area is 82.8 Å². The van der Waals surface area contributed by atoms with E-state index in [0.717, 1.165) is 0 Å². The summed E-state index contributed by atoms with van der Waals surface area (Å²) in [6.07, 6.45) is 3.07. The molecule has 0 saturated heterocycles. The fraction of sp³-hybridized carbons (Fsp3) is 0.455. The van der Waals surface area contributed by atoms with Gasteiger partial charge in [0.05, 0.1) is 5.69 Å². The summed E-state index contributed by atoms with van der Waals surface area (Å²) in [6, 6.07) is 5.46. The number of carboxylic acid groups (broad SMARTS) is 1. The Bertz CT molecular complexity index is 342. The van der Waals surface area contributed by atoms with Crippen LogP contribution in [0.25, 0.3) is 0 Å². The van der Waals surface area contributed by atoms with Crippen molar-refractivity contribution < 1.29 is 9.90 Å². The molecule has 1 saturated carbocycles. The van der Waals surface area contributed by atoms with E-state index in [-0.39, 0.29) is 0 Å². The zero-order chi connectivity index (χ0) is 10.2. The van der Waals surface area contributed by atoms with Gasteiger partial charge >= 0.3 is 5.97 Å². The van der Waals surface area contributed by atoms with Crippen LogP contribution in [0.5, 0.6) is 0 Å². The normalized spacial score (nSPS) is 30.8. The van der Waals surface area contributed by atoms with Crippen LogP contribution >= 0.6 is 0 Å². The standard InChI is InChI=1S/C11H13NO2/c1-8-6-11(7-8,10(13)14)9-4-2-3-5-12-9/h2-5,8H,6-7H2,1H3,(H,13,14). The van der Waals surface area contributed by atoms with Crippen LogP contribution in [0.4, 0.5) is 0 Å². The number of hydrogen-bond donors (Lipinski definition) is 1. The summed E-state index contributed by atoms with van der Waals surface area (Å²) in [4.78, 5) is 15.4. The van der Waals surface area contributed by atoms with Crippen molar-refractivity contribution in [2.75, 3.05) is 0 Å². The predicted molar refractivity (Wildman–Crippen MR) is 51.9 cm³/mol. The second-order valence-corrected chi connectivity index (χ2v) is 4.12. The molecular weight excluding hydrogens is 178 g/mol. The number of hydrogen-bond acceptors (Lipinski definition) is 2. The largest absolute Gasteiger partial charge is 0.481 e. The molecule has 1 aliphatic rings. The van der Waals surface area contributed by atoms with E-state index in [0.29, 0.717) is 24.5 Å². The van der Waals surface area contributed by atoms with Crippen LogP contribution < -0.4 is 0 Å². The summed E-state index contributed by atoms with van der Waals surface area (Å²) in [5, 5.41) is 9.21. The molecule has 1 fully saturated rings. The van der Waals surface area contributed by atoms with Crippen LogP contribution in [0.2, 0.25) is 0 Å². The maximum Gasteiger partial charge on any atom is 0.315 e. The maximum absolute atomic E-state index is 11.2. The number of pyridine rings is 1. The molecule has 1 aliphatic carbocycles. The topological polar surface area (TPSA) is 50.2 Å². The zero-order valence-corrected chi connectivity index (χ0v) is 8.10. The van der Waals surface area contributed by atoms with E-state index in [1.165, 1.54) is 0 Å². The van der Waals surface area contributed by atoms with Crippen molar-refractivity contribution in [1.82, 2.24) is 4.98 Å². The number of nitrogens with zero attached hydrogens (tertiary/aromatic N) is 1. The van der Waals surface area contributed by atoms with Crippen molar-refractivity contribution in [1.29, 1.82) is 0 Å². The molecule has 0 radical (unpaired) electrons. The Kier molecular flexibility index (Phi) is 2.02. The third-order valence-corrected chi connectivity index (χ3v) is 2.96. The first-order chi connectivity index (χ1) is 6.65. The first kappa shape index (κ1) is 9.19. The molecule has 3 heteroatoms. The Hall–Kier alpha value is -1.38. The van der Waals surface area contributed by atoms with Crippen molar-refractivity contribution in [3.8, 4) is 0 Å². The molecule has 0 amide bonds.